The molecule has 0 bridgehead atoms. The van der Waals surface area contributed by atoms with Crippen LogP contribution in [0.2, 0.25) is 0 Å². The van der Waals surface area contributed by atoms with Gasteiger partial charge in [-0.1, -0.05) is 0 Å². The maximum atomic E-state index is 11.4. The van der Waals surface area contributed by atoms with E-state index in [0.29, 0.717) is 6.42 Å². The Balaban J connectivity index is 2.35. The monoisotopic (exact) mass is 280 g/mol. The van der Waals surface area contributed by atoms with Gasteiger partial charge in [-0.2, -0.15) is 0 Å². The first kappa shape index (κ1) is 14.7. The van der Waals surface area contributed by atoms with Crippen molar-refractivity contribution in [1.82, 2.24) is 0 Å². The molecular weight excluding hydrogens is 260 g/mol. The summed E-state index contributed by atoms with van der Waals surface area (Å²) in [6.45, 7) is 1.95. The van der Waals surface area contributed by atoms with Crippen LogP contribution in [0, 0.1) is 0 Å². The van der Waals surface area contributed by atoms with Crippen LogP contribution in [0.4, 0.5) is 0 Å². The summed E-state index contributed by atoms with van der Waals surface area (Å²) in [5.41, 5.74) is 2.03. The van der Waals surface area contributed by atoms with Crippen molar-refractivity contribution >= 4 is 5.97 Å². The van der Waals surface area contributed by atoms with Crippen molar-refractivity contribution in [3.05, 3.63) is 23.3 Å². The number of benzene rings is 1. The van der Waals surface area contributed by atoms with Crippen molar-refractivity contribution in [1.29, 1.82) is 0 Å². The van der Waals surface area contributed by atoms with Crippen LogP contribution in [0.1, 0.15) is 30.6 Å². The predicted molar refractivity (Wildman–Crippen MR) is 73.2 cm³/mol. The van der Waals surface area contributed by atoms with Crippen molar-refractivity contribution in [2.75, 3.05) is 21.3 Å². The Hall–Kier alpha value is -1.75. The molecule has 1 aliphatic rings. The Bertz CT molecular complexity index is 497. The van der Waals surface area contributed by atoms with Crippen LogP contribution in [0.15, 0.2) is 12.1 Å². The molecule has 0 radical (unpaired) electrons. The molecule has 110 valence electrons. The average Bonchev–Trinajstić information content (AvgIpc) is 2.45. The standard InChI is InChI=1S/C15H20O5/c1-9-15-11(7-10(20-9)8-14(16)19-4)12(17-2)5-6-13(15)18-3/h5-6,9-10H,7-8H2,1-4H3/t9-,10-/m1/s1. The molecule has 0 fully saturated rings. The van der Waals surface area contributed by atoms with Crippen LogP contribution in [-0.2, 0) is 20.7 Å². The molecule has 0 saturated carbocycles. The second kappa shape index (κ2) is 6.13. The van der Waals surface area contributed by atoms with E-state index in [0.717, 1.165) is 22.6 Å². The summed E-state index contributed by atoms with van der Waals surface area (Å²) in [4.78, 5) is 11.4. The van der Waals surface area contributed by atoms with Gasteiger partial charge in [0.15, 0.2) is 0 Å². The van der Waals surface area contributed by atoms with E-state index < -0.39 is 0 Å². The quantitative estimate of drug-likeness (QED) is 0.792. The zero-order valence-corrected chi connectivity index (χ0v) is 12.3. The van der Waals surface area contributed by atoms with Crippen LogP contribution in [0.25, 0.3) is 0 Å². The van der Waals surface area contributed by atoms with E-state index in [-0.39, 0.29) is 24.6 Å². The molecule has 1 aliphatic heterocycles. The van der Waals surface area contributed by atoms with Crippen LogP contribution < -0.4 is 9.47 Å². The molecule has 0 unspecified atom stereocenters. The van der Waals surface area contributed by atoms with Gasteiger partial charge in [0, 0.05) is 17.5 Å². The zero-order chi connectivity index (χ0) is 14.7. The number of carbonyl (C=O) groups excluding carboxylic acids is 1. The number of esters is 1. The molecule has 0 saturated heterocycles. The summed E-state index contributed by atoms with van der Waals surface area (Å²) >= 11 is 0. The van der Waals surface area contributed by atoms with Gasteiger partial charge in [-0.3, -0.25) is 4.79 Å². The van der Waals surface area contributed by atoms with Gasteiger partial charge in [-0.15, -0.1) is 0 Å². The van der Waals surface area contributed by atoms with Gasteiger partial charge in [-0.05, 0) is 19.1 Å². The lowest BCUT2D eigenvalue weighted by Crippen LogP contribution is -2.28. The Labute approximate surface area is 118 Å². The Morgan fingerprint density at radius 2 is 1.90 bits per heavy atom. The third-order valence-electron chi connectivity index (χ3n) is 3.57. The minimum absolute atomic E-state index is 0.154. The average molecular weight is 280 g/mol. The summed E-state index contributed by atoms with van der Waals surface area (Å²) in [5.74, 6) is 1.31. The lowest BCUT2D eigenvalue weighted by Gasteiger charge is -2.32. The van der Waals surface area contributed by atoms with E-state index >= 15 is 0 Å². The SMILES string of the molecule is COC(=O)C[C@H]1Cc2c(OC)ccc(OC)c2[C@@H](C)O1. The summed E-state index contributed by atoms with van der Waals surface area (Å²) in [6, 6.07) is 3.75. The molecule has 0 aliphatic carbocycles. The summed E-state index contributed by atoms with van der Waals surface area (Å²) < 4.78 is 21.4. The van der Waals surface area contributed by atoms with Gasteiger partial charge >= 0.3 is 5.97 Å². The highest BCUT2D eigenvalue weighted by Gasteiger charge is 2.31. The molecule has 0 N–H and O–H groups in total. The van der Waals surface area contributed by atoms with E-state index in [1.807, 2.05) is 19.1 Å². The molecule has 0 amide bonds. The third-order valence-corrected chi connectivity index (χ3v) is 3.57. The van der Waals surface area contributed by atoms with Crippen molar-refractivity contribution < 1.29 is 23.7 Å². The highest BCUT2D eigenvalue weighted by Crippen LogP contribution is 2.41. The first-order valence-corrected chi connectivity index (χ1v) is 6.56. The van der Waals surface area contributed by atoms with E-state index in [4.69, 9.17) is 18.9 Å². The fourth-order valence-electron chi connectivity index (χ4n) is 2.67. The molecule has 2 atom stereocenters. The maximum Gasteiger partial charge on any atom is 0.308 e. The van der Waals surface area contributed by atoms with Crippen LogP contribution in [0.5, 0.6) is 11.5 Å². The topological polar surface area (TPSA) is 54.0 Å². The normalized spacial score (nSPS) is 21.0. The molecule has 5 nitrogen and oxygen atoms in total. The molecule has 1 aromatic carbocycles. The lowest BCUT2D eigenvalue weighted by atomic mass is 9.92. The maximum absolute atomic E-state index is 11.4. The highest BCUT2D eigenvalue weighted by atomic mass is 16.5. The fourth-order valence-corrected chi connectivity index (χ4v) is 2.67. The van der Waals surface area contributed by atoms with E-state index in [2.05, 4.69) is 0 Å². The van der Waals surface area contributed by atoms with E-state index in [1.165, 1.54) is 7.11 Å². The van der Waals surface area contributed by atoms with Crippen LogP contribution >= 0.6 is 0 Å². The third kappa shape index (κ3) is 2.72. The minimum atomic E-state index is -0.271. The van der Waals surface area contributed by atoms with Gasteiger partial charge in [0.1, 0.15) is 11.5 Å². The highest BCUT2D eigenvalue weighted by molar-refractivity contribution is 5.70. The molecule has 20 heavy (non-hydrogen) atoms. The second-order valence-corrected chi connectivity index (χ2v) is 4.75. The van der Waals surface area contributed by atoms with Crippen molar-refractivity contribution in [2.45, 2.75) is 32.0 Å². The summed E-state index contributed by atoms with van der Waals surface area (Å²) in [7, 11) is 4.65. The van der Waals surface area contributed by atoms with Gasteiger partial charge < -0.3 is 18.9 Å². The lowest BCUT2D eigenvalue weighted by molar-refractivity contribution is -0.145. The molecule has 0 aromatic heterocycles. The van der Waals surface area contributed by atoms with E-state index in [9.17, 15) is 4.79 Å². The van der Waals surface area contributed by atoms with Gasteiger partial charge in [-0.25, -0.2) is 0 Å². The number of fused-ring (bicyclic) bond motifs is 1. The smallest absolute Gasteiger partial charge is 0.308 e. The molecule has 0 spiro atoms. The number of hydrogen-bond donors (Lipinski definition) is 0. The number of ether oxygens (including phenoxy) is 4. The molecule has 5 heteroatoms. The fraction of sp³-hybridized carbons (Fsp3) is 0.533. The summed E-state index contributed by atoms with van der Waals surface area (Å²) in [6.07, 6.45) is 0.486. The Kier molecular flexibility index (Phi) is 4.49. The van der Waals surface area contributed by atoms with Crippen LogP contribution in [-0.4, -0.2) is 33.4 Å². The number of carbonyl (C=O) groups is 1. The first-order valence-electron chi connectivity index (χ1n) is 6.56. The minimum Gasteiger partial charge on any atom is -0.496 e. The van der Waals surface area contributed by atoms with Gasteiger partial charge in [0.05, 0.1) is 40.0 Å². The van der Waals surface area contributed by atoms with Crippen LogP contribution in [0.3, 0.4) is 0 Å². The zero-order valence-electron chi connectivity index (χ0n) is 12.3. The summed E-state index contributed by atoms with van der Waals surface area (Å²) in [5, 5.41) is 0. The predicted octanol–water partition coefficient (Wildman–Crippen LogP) is 2.27. The first-order chi connectivity index (χ1) is 9.60. The number of methoxy groups -OCH3 is 3. The largest absolute Gasteiger partial charge is 0.496 e. The molecule has 1 aromatic rings. The van der Waals surface area contributed by atoms with Gasteiger partial charge in [0.25, 0.3) is 0 Å². The second-order valence-electron chi connectivity index (χ2n) is 4.75. The molecular formula is C15H20O5. The van der Waals surface area contributed by atoms with Crippen molar-refractivity contribution in [3.8, 4) is 11.5 Å². The van der Waals surface area contributed by atoms with Crippen molar-refractivity contribution in [2.24, 2.45) is 0 Å². The molecule has 1 heterocycles. The van der Waals surface area contributed by atoms with Gasteiger partial charge in [0.2, 0.25) is 0 Å². The Morgan fingerprint density at radius 3 is 2.50 bits per heavy atom. The Morgan fingerprint density at radius 1 is 1.25 bits per heavy atom. The number of hydrogen-bond acceptors (Lipinski definition) is 5. The number of rotatable bonds is 4. The van der Waals surface area contributed by atoms with Crippen molar-refractivity contribution in [3.63, 3.8) is 0 Å². The van der Waals surface area contributed by atoms with E-state index in [1.54, 1.807) is 14.2 Å². The molecule has 2 rings (SSSR count).